The maximum absolute atomic E-state index is 9.46. The third-order valence-corrected chi connectivity index (χ3v) is 11.7. The van der Waals surface area contributed by atoms with Crippen LogP contribution in [0.25, 0.3) is 0 Å². The molecule has 0 aromatic heterocycles. The van der Waals surface area contributed by atoms with E-state index in [1.54, 1.807) is 0 Å². The van der Waals surface area contributed by atoms with Crippen molar-refractivity contribution in [2.45, 2.75) is 82.3 Å². The van der Waals surface area contributed by atoms with E-state index in [2.05, 4.69) is 85.0 Å². The van der Waals surface area contributed by atoms with Crippen LogP contribution in [0.15, 0.2) is 40.1 Å². The Morgan fingerprint density at radius 3 is 2.11 bits per heavy atom. The molecule has 0 heterocycles. The van der Waals surface area contributed by atoms with Crippen LogP contribution in [0.5, 0.6) is 5.75 Å². The Kier molecular flexibility index (Phi) is 7.46. The number of hydrogen-bond donors (Lipinski definition) is 1. The Morgan fingerprint density at radius 1 is 0.964 bits per heavy atom. The van der Waals surface area contributed by atoms with E-state index in [9.17, 15) is 5.11 Å². The zero-order valence-electron chi connectivity index (χ0n) is 18.8. The molecule has 4 heteroatoms. The Bertz CT molecular complexity index is 808. The maximum Gasteiger partial charge on any atom is 0.250 e. The zero-order valence-corrected chi connectivity index (χ0v) is 20.6. The van der Waals surface area contributed by atoms with Crippen molar-refractivity contribution in [1.29, 1.82) is 0 Å². The minimum absolute atomic E-state index is 0.146. The van der Waals surface area contributed by atoms with E-state index in [4.69, 9.17) is 4.43 Å². The predicted molar refractivity (Wildman–Crippen MR) is 124 cm³/mol. The van der Waals surface area contributed by atoms with E-state index in [-0.39, 0.29) is 11.6 Å². The van der Waals surface area contributed by atoms with Gasteiger partial charge in [-0.2, -0.15) is 0 Å². The van der Waals surface area contributed by atoms with Crippen molar-refractivity contribution in [1.82, 2.24) is 0 Å². The number of aliphatic hydroxyl groups excluding tert-OH is 1. The third-order valence-electron chi connectivity index (χ3n) is 6.02. The molecule has 0 radical (unpaired) electrons. The van der Waals surface area contributed by atoms with Crippen LogP contribution in [-0.4, -0.2) is 20.0 Å². The summed E-state index contributed by atoms with van der Waals surface area (Å²) in [5.74, 6) is 1.06. The van der Waals surface area contributed by atoms with Crippen LogP contribution in [0.3, 0.4) is 0 Å². The van der Waals surface area contributed by atoms with E-state index >= 15 is 0 Å². The monoisotopic (exact) mass is 416 g/mol. The maximum atomic E-state index is 9.46. The van der Waals surface area contributed by atoms with Gasteiger partial charge in [-0.1, -0.05) is 50.7 Å². The molecule has 0 atom stereocenters. The number of benzene rings is 2. The van der Waals surface area contributed by atoms with E-state index < -0.39 is 8.32 Å². The molecule has 0 saturated heterocycles. The summed E-state index contributed by atoms with van der Waals surface area (Å²) in [5.41, 5.74) is 5.09. The summed E-state index contributed by atoms with van der Waals surface area (Å²) in [7, 11) is -1.95. The van der Waals surface area contributed by atoms with E-state index in [1.165, 1.54) is 32.0 Å². The lowest BCUT2D eigenvalue weighted by Gasteiger charge is -2.38. The van der Waals surface area contributed by atoms with Crippen LogP contribution < -0.4 is 4.43 Å². The molecule has 0 amide bonds. The lowest BCUT2D eigenvalue weighted by molar-refractivity contribution is 0.288. The van der Waals surface area contributed by atoms with Gasteiger partial charge in [-0.25, -0.2) is 0 Å². The van der Waals surface area contributed by atoms with Crippen LogP contribution >= 0.6 is 11.8 Å². The highest BCUT2D eigenvalue weighted by Crippen LogP contribution is 2.45. The van der Waals surface area contributed by atoms with Gasteiger partial charge in [0.05, 0.1) is 0 Å². The van der Waals surface area contributed by atoms with E-state index in [0.717, 1.165) is 18.6 Å². The van der Waals surface area contributed by atoms with Crippen LogP contribution in [0.1, 0.15) is 49.4 Å². The van der Waals surface area contributed by atoms with Gasteiger partial charge in [0.2, 0.25) is 0 Å². The molecule has 0 bridgehead atoms. The molecule has 0 aliphatic rings. The molecule has 154 valence electrons. The van der Waals surface area contributed by atoms with Gasteiger partial charge in [0.25, 0.3) is 8.32 Å². The molecule has 0 saturated carbocycles. The van der Waals surface area contributed by atoms with Gasteiger partial charge in [-0.3, -0.25) is 0 Å². The summed E-state index contributed by atoms with van der Waals surface area (Å²) < 4.78 is 6.84. The molecule has 2 aromatic carbocycles. The van der Waals surface area contributed by atoms with Gasteiger partial charge < -0.3 is 9.53 Å². The second kappa shape index (κ2) is 9.06. The first-order valence-corrected chi connectivity index (χ1v) is 13.9. The Balaban J connectivity index is 2.59. The number of aliphatic hydroxyl groups is 1. The summed E-state index contributed by atoms with van der Waals surface area (Å²) in [4.78, 5) is 2.57. The average molecular weight is 417 g/mol. The molecule has 2 aromatic rings. The summed E-state index contributed by atoms with van der Waals surface area (Å²) in [6.45, 7) is 18.3. The highest BCUT2D eigenvalue weighted by molar-refractivity contribution is 7.99. The quantitative estimate of drug-likeness (QED) is 0.489. The van der Waals surface area contributed by atoms with Crippen molar-refractivity contribution in [2.24, 2.45) is 0 Å². The van der Waals surface area contributed by atoms with Gasteiger partial charge in [0.15, 0.2) is 0 Å². The summed E-state index contributed by atoms with van der Waals surface area (Å²) in [6, 6.07) is 10.5. The largest absolute Gasteiger partial charge is 0.543 e. The minimum atomic E-state index is -1.95. The molecule has 2 nitrogen and oxygen atoms in total. The standard InChI is InChI=1S/C24H36O2SSi/c1-17-18(2)23(27-20-13-10-9-11-14-20)19(3)21(15-12-16-25)22(17)26-28(7,8)24(4,5)6/h9-11,13-14,25H,12,15-16H2,1-8H3. The molecular weight excluding hydrogens is 380 g/mol. The van der Waals surface area contributed by atoms with E-state index in [1.807, 2.05) is 11.8 Å². The molecule has 1 N–H and O–H groups in total. The molecule has 0 unspecified atom stereocenters. The lowest BCUT2D eigenvalue weighted by atomic mass is 9.96. The topological polar surface area (TPSA) is 29.5 Å². The number of hydrogen-bond acceptors (Lipinski definition) is 3. The summed E-state index contributed by atoms with van der Waals surface area (Å²) in [5, 5.41) is 9.61. The van der Waals surface area contributed by atoms with E-state index in [0.29, 0.717) is 0 Å². The Morgan fingerprint density at radius 2 is 1.57 bits per heavy atom. The van der Waals surface area contributed by atoms with Crippen LogP contribution in [0.2, 0.25) is 18.1 Å². The fourth-order valence-electron chi connectivity index (χ4n) is 3.02. The summed E-state index contributed by atoms with van der Waals surface area (Å²) in [6.07, 6.45) is 1.60. The third kappa shape index (κ3) is 5.02. The van der Waals surface area contributed by atoms with Gasteiger partial charge in [0, 0.05) is 16.4 Å². The highest BCUT2D eigenvalue weighted by Gasteiger charge is 2.40. The van der Waals surface area contributed by atoms with Gasteiger partial charge in [-0.05, 0) is 86.1 Å². The molecule has 0 fully saturated rings. The van der Waals surface area contributed by atoms with Crippen molar-refractivity contribution in [3.63, 3.8) is 0 Å². The smallest absolute Gasteiger partial charge is 0.250 e. The SMILES string of the molecule is Cc1c(C)c(Sc2ccccc2)c(C)c(CCCO)c1O[Si](C)(C)C(C)(C)C. The Labute approximate surface area is 176 Å². The average Bonchev–Trinajstić information content (AvgIpc) is 2.63. The van der Waals surface area contributed by atoms with Crippen molar-refractivity contribution in [2.75, 3.05) is 6.61 Å². The van der Waals surface area contributed by atoms with Gasteiger partial charge in [0.1, 0.15) is 5.75 Å². The van der Waals surface area contributed by atoms with Crippen LogP contribution in [0, 0.1) is 20.8 Å². The second-order valence-corrected chi connectivity index (χ2v) is 14.9. The van der Waals surface area contributed by atoms with Gasteiger partial charge >= 0.3 is 0 Å². The van der Waals surface area contributed by atoms with Crippen LogP contribution in [-0.2, 0) is 6.42 Å². The lowest BCUT2D eigenvalue weighted by Crippen LogP contribution is -2.44. The molecule has 28 heavy (non-hydrogen) atoms. The van der Waals surface area contributed by atoms with Crippen molar-refractivity contribution in [3.8, 4) is 5.75 Å². The Hall–Kier alpha value is -1.23. The first kappa shape index (κ1) is 23.0. The van der Waals surface area contributed by atoms with Crippen molar-refractivity contribution < 1.29 is 9.53 Å². The molecule has 0 aliphatic heterocycles. The van der Waals surface area contributed by atoms with Crippen LogP contribution in [0.4, 0.5) is 0 Å². The zero-order chi connectivity index (χ0) is 21.1. The van der Waals surface area contributed by atoms with Crippen molar-refractivity contribution >= 4 is 20.1 Å². The van der Waals surface area contributed by atoms with Gasteiger partial charge in [-0.15, -0.1) is 0 Å². The predicted octanol–water partition coefficient (Wildman–Crippen LogP) is 7.07. The fraction of sp³-hybridized carbons (Fsp3) is 0.500. The molecule has 0 spiro atoms. The minimum Gasteiger partial charge on any atom is -0.543 e. The molecule has 0 aliphatic carbocycles. The normalized spacial score (nSPS) is 12.3. The molecular formula is C24H36O2SSi. The first-order valence-electron chi connectivity index (χ1n) is 10.1. The second-order valence-electron chi connectivity index (χ2n) is 9.12. The first-order chi connectivity index (χ1) is 13.0. The highest BCUT2D eigenvalue weighted by atomic mass is 32.2. The number of rotatable bonds is 7. The van der Waals surface area contributed by atoms with Crippen molar-refractivity contribution in [3.05, 3.63) is 52.6 Å². The fourth-order valence-corrected chi connectivity index (χ4v) is 5.22. The molecule has 2 rings (SSSR count). The summed E-state index contributed by atoms with van der Waals surface area (Å²) >= 11 is 1.83.